The number of likely N-dealkylation sites (N-methyl/N-ethyl adjacent to an activating group) is 4. The van der Waals surface area contributed by atoms with Crippen molar-refractivity contribution >= 4 is 24.4 Å². The van der Waals surface area contributed by atoms with E-state index in [-0.39, 0.29) is 0 Å². The van der Waals surface area contributed by atoms with E-state index >= 15 is 0 Å². The Morgan fingerprint density at radius 3 is 0.731 bits per heavy atom. The Bertz CT molecular complexity index is 1330. The lowest BCUT2D eigenvalue weighted by molar-refractivity contribution is 0.155. The number of nitrogens with zero attached hydrogens (tertiary/aromatic N) is 8. The Morgan fingerprint density at radius 2 is 0.596 bits per heavy atom. The van der Waals surface area contributed by atoms with Gasteiger partial charge < -0.3 is 40.0 Å². The summed E-state index contributed by atoms with van der Waals surface area (Å²) in [4.78, 5) is 63.0. The largest absolute Gasteiger partial charge is 0.465 e. The highest BCUT2D eigenvalue weighted by atomic mass is 16.4. The Balaban J connectivity index is 0.000000347. The van der Waals surface area contributed by atoms with Crippen LogP contribution < -0.4 is 0 Å². The molecule has 16 heteroatoms. The van der Waals surface area contributed by atoms with Crippen LogP contribution in [0.3, 0.4) is 0 Å². The molecular formula is C36H48N8O8. The Hall–Kier alpha value is -6.32. The average Bonchev–Trinajstić information content (AvgIpc) is 3.16. The number of hydrogen-bond acceptors (Lipinski definition) is 8. The van der Waals surface area contributed by atoms with Gasteiger partial charge in [0, 0.05) is 128 Å². The van der Waals surface area contributed by atoms with E-state index in [2.05, 4.69) is 19.9 Å². The zero-order chi connectivity index (χ0) is 38.7. The van der Waals surface area contributed by atoms with Crippen LogP contribution in [0.4, 0.5) is 19.2 Å². The van der Waals surface area contributed by atoms with Gasteiger partial charge in [0.05, 0.1) is 0 Å². The van der Waals surface area contributed by atoms with Crippen molar-refractivity contribution in [1.82, 2.24) is 39.5 Å². The molecule has 0 aromatic carbocycles. The van der Waals surface area contributed by atoms with Gasteiger partial charge >= 0.3 is 24.4 Å². The molecule has 0 bridgehead atoms. The van der Waals surface area contributed by atoms with Gasteiger partial charge in [-0.15, -0.1) is 0 Å². The molecule has 16 nitrogen and oxygen atoms in total. The van der Waals surface area contributed by atoms with E-state index in [0.717, 1.165) is 22.8 Å². The predicted molar refractivity (Wildman–Crippen MR) is 194 cm³/mol. The third-order valence-corrected chi connectivity index (χ3v) is 7.02. The molecule has 4 heterocycles. The number of aromatic nitrogens is 4. The Labute approximate surface area is 303 Å². The van der Waals surface area contributed by atoms with Gasteiger partial charge in [-0.1, -0.05) is 24.3 Å². The van der Waals surface area contributed by atoms with Crippen LogP contribution in [0.1, 0.15) is 22.8 Å². The quantitative estimate of drug-likeness (QED) is 0.153. The van der Waals surface area contributed by atoms with Gasteiger partial charge in [0.1, 0.15) is 0 Å². The topological polar surface area (TPSA) is 214 Å². The summed E-state index contributed by atoms with van der Waals surface area (Å²) >= 11 is 0. The summed E-state index contributed by atoms with van der Waals surface area (Å²) in [5, 5.41) is 34.3. The summed E-state index contributed by atoms with van der Waals surface area (Å²) in [6.07, 6.45) is 5.82. The smallest absolute Gasteiger partial charge is 0.407 e. The molecule has 0 radical (unpaired) electrons. The fourth-order valence-corrected chi connectivity index (χ4v) is 3.70. The first-order valence-corrected chi connectivity index (χ1v) is 16.2. The van der Waals surface area contributed by atoms with Gasteiger partial charge in [-0.25, -0.2) is 19.2 Å². The highest BCUT2D eigenvalue weighted by Crippen LogP contribution is 1.99. The highest BCUT2D eigenvalue weighted by molar-refractivity contribution is 5.65. The van der Waals surface area contributed by atoms with Gasteiger partial charge in [-0.2, -0.15) is 0 Å². The van der Waals surface area contributed by atoms with Crippen LogP contribution in [-0.4, -0.2) is 139 Å². The van der Waals surface area contributed by atoms with Gasteiger partial charge in [0.15, 0.2) is 0 Å². The number of amides is 4. The summed E-state index contributed by atoms with van der Waals surface area (Å²) < 4.78 is 0. The fourth-order valence-electron chi connectivity index (χ4n) is 3.70. The normalized spacial score (nSPS) is 9.62. The summed E-state index contributed by atoms with van der Waals surface area (Å²) in [7, 11) is 6.19. The van der Waals surface area contributed by atoms with E-state index < -0.39 is 24.4 Å². The molecule has 280 valence electrons. The second-order valence-electron chi connectivity index (χ2n) is 11.1. The SMILES string of the molecule is CN(CCc1ccccn1)C(=O)O.CN(CCc1ccccn1)C(=O)O.CN(CCc1ccccn1)C(=O)O.CN(CCc1ccccn1)C(=O)O. The van der Waals surface area contributed by atoms with E-state index in [9.17, 15) is 19.2 Å². The second-order valence-corrected chi connectivity index (χ2v) is 11.1. The highest BCUT2D eigenvalue weighted by Gasteiger charge is 2.07. The number of rotatable bonds is 12. The van der Waals surface area contributed by atoms with E-state index in [0.29, 0.717) is 51.9 Å². The van der Waals surface area contributed by atoms with Crippen molar-refractivity contribution in [2.24, 2.45) is 0 Å². The lowest BCUT2D eigenvalue weighted by Gasteiger charge is -2.11. The summed E-state index contributed by atoms with van der Waals surface area (Å²) in [6.45, 7) is 1.91. The molecule has 0 spiro atoms. The first-order chi connectivity index (χ1) is 24.8. The summed E-state index contributed by atoms with van der Waals surface area (Å²) in [5.41, 5.74) is 3.65. The molecule has 4 aromatic rings. The minimum atomic E-state index is -0.907. The number of hydrogen-bond donors (Lipinski definition) is 4. The van der Waals surface area contributed by atoms with Crippen molar-refractivity contribution in [2.75, 3.05) is 54.4 Å². The third kappa shape index (κ3) is 20.9. The van der Waals surface area contributed by atoms with Crippen LogP contribution in [0.25, 0.3) is 0 Å². The molecule has 0 aliphatic heterocycles. The molecular weight excluding hydrogens is 672 g/mol. The van der Waals surface area contributed by atoms with Gasteiger partial charge in [0.25, 0.3) is 0 Å². The zero-order valence-electron chi connectivity index (χ0n) is 29.9. The first kappa shape index (κ1) is 43.7. The minimum Gasteiger partial charge on any atom is -0.465 e. The standard InChI is InChI=1S/4C9H12N2O2/c4*1-11(9(12)13)7-5-8-4-2-3-6-10-8/h4*2-4,6H,5,7H2,1H3,(H,12,13). The van der Waals surface area contributed by atoms with Crippen LogP contribution in [0.5, 0.6) is 0 Å². The molecule has 4 N–H and O–H groups in total. The van der Waals surface area contributed by atoms with Gasteiger partial charge in [-0.05, 0) is 48.5 Å². The molecule has 0 atom stereocenters. The van der Waals surface area contributed by atoms with Crippen molar-refractivity contribution in [3.63, 3.8) is 0 Å². The van der Waals surface area contributed by atoms with Crippen molar-refractivity contribution in [2.45, 2.75) is 25.7 Å². The monoisotopic (exact) mass is 720 g/mol. The molecule has 0 fully saturated rings. The molecule has 0 aliphatic carbocycles. The van der Waals surface area contributed by atoms with Crippen molar-refractivity contribution < 1.29 is 39.6 Å². The fraction of sp³-hybridized carbons (Fsp3) is 0.333. The Kier molecular flexibility index (Phi) is 21.5. The third-order valence-electron chi connectivity index (χ3n) is 7.02. The summed E-state index contributed by atoms with van der Waals surface area (Å²) in [5.74, 6) is 0. The average molecular weight is 721 g/mol. The van der Waals surface area contributed by atoms with Gasteiger partial charge in [-0.3, -0.25) is 19.9 Å². The lowest BCUT2D eigenvalue weighted by atomic mass is 10.2. The van der Waals surface area contributed by atoms with Crippen LogP contribution in [0, 0.1) is 0 Å². The van der Waals surface area contributed by atoms with Crippen LogP contribution in [0.15, 0.2) is 97.6 Å². The van der Waals surface area contributed by atoms with Crippen molar-refractivity contribution in [3.8, 4) is 0 Å². The molecule has 4 aromatic heterocycles. The van der Waals surface area contributed by atoms with E-state index in [4.69, 9.17) is 20.4 Å². The molecule has 4 amide bonds. The number of pyridine rings is 4. The predicted octanol–water partition coefficient (Wildman–Crippen LogP) is 4.94. The van der Waals surface area contributed by atoms with Crippen molar-refractivity contribution in [1.29, 1.82) is 0 Å². The molecule has 0 unspecified atom stereocenters. The maximum Gasteiger partial charge on any atom is 0.407 e. The maximum absolute atomic E-state index is 10.4. The van der Waals surface area contributed by atoms with E-state index in [1.54, 1.807) is 53.0 Å². The first-order valence-electron chi connectivity index (χ1n) is 16.2. The Morgan fingerprint density at radius 1 is 0.404 bits per heavy atom. The molecule has 4 rings (SSSR count). The second kappa shape index (κ2) is 25.6. The van der Waals surface area contributed by atoms with Crippen LogP contribution >= 0.6 is 0 Å². The summed E-state index contributed by atoms with van der Waals surface area (Å²) in [6, 6.07) is 22.5. The minimum absolute atomic E-state index is 0.479. The van der Waals surface area contributed by atoms with Crippen LogP contribution in [-0.2, 0) is 25.7 Å². The number of carboxylic acid groups (broad SMARTS) is 4. The molecule has 0 saturated heterocycles. The lowest BCUT2D eigenvalue weighted by Crippen LogP contribution is -2.27. The van der Waals surface area contributed by atoms with Gasteiger partial charge in [0.2, 0.25) is 0 Å². The van der Waals surface area contributed by atoms with E-state index in [1.165, 1.54) is 19.6 Å². The van der Waals surface area contributed by atoms with Crippen molar-refractivity contribution in [3.05, 3.63) is 120 Å². The van der Waals surface area contributed by atoms with Crippen LogP contribution in [0.2, 0.25) is 0 Å². The maximum atomic E-state index is 10.4. The number of carbonyl (C=O) groups is 4. The zero-order valence-corrected chi connectivity index (χ0v) is 29.9. The molecule has 52 heavy (non-hydrogen) atoms. The molecule has 0 saturated carbocycles. The van der Waals surface area contributed by atoms with E-state index in [1.807, 2.05) is 72.8 Å². The molecule has 0 aliphatic rings.